The molecular formula is C19H25ClN4O2. The number of nitrogens with zero attached hydrogens (tertiary/aromatic N) is 3. The summed E-state index contributed by atoms with van der Waals surface area (Å²) in [5, 5.41) is 4.32. The third kappa shape index (κ3) is 3.31. The van der Waals surface area contributed by atoms with Crippen LogP contribution in [0.15, 0.2) is 32.9 Å². The molecule has 0 radical (unpaired) electrons. The van der Waals surface area contributed by atoms with Crippen molar-refractivity contribution in [2.45, 2.75) is 33.4 Å². The molecule has 6 nitrogen and oxygen atoms in total. The second-order valence-electron chi connectivity index (χ2n) is 7.21. The lowest BCUT2D eigenvalue weighted by molar-refractivity contribution is 0.405. The van der Waals surface area contributed by atoms with Gasteiger partial charge in [-0.1, -0.05) is 22.7 Å². The van der Waals surface area contributed by atoms with E-state index in [1.54, 1.807) is 12.1 Å². The molecule has 7 heteroatoms. The number of fused-ring (bicyclic) bond motifs is 2. The molecule has 0 amide bonds. The molecule has 0 atom stereocenters. The largest absolute Gasteiger partial charge is 0.384 e. The minimum Gasteiger partial charge on any atom is -0.384 e. The Hall–Kier alpha value is -2.05. The number of halogens is 1. The van der Waals surface area contributed by atoms with E-state index in [-0.39, 0.29) is 11.1 Å². The van der Waals surface area contributed by atoms with Gasteiger partial charge in [-0.2, -0.15) is 0 Å². The van der Waals surface area contributed by atoms with Crippen molar-refractivity contribution in [1.82, 2.24) is 14.3 Å². The fraction of sp³-hybridized carbons (Fsp3) is 0.474. The fourth-order valence-electron chi connectivity index (χ4n) is 3.29. The molecule has 1 aliphatic heterocycles. The van der Waals surface area contributed by atoms with E-state index in [4.69, 9.17) is 11.6 Å². The Labute approximate surface area is 157 Å². The number of benzene rings is 1. The van der Waals surface area contributed by atoms with Gasteiger partial charge in [0.2, 0.25) is 0 Å². The molecule has 140 valence electrons. The predicted octanol–water partition coefficient (Wildman–Crippen LogP) is 2.53. The summed E-state index contributed by atoms with van der Waals surface area (Å²) in [5.74, 6) is 0. The number of anilines is 1. The van der Waals surface area contributed by atoms with Gasteiger partial charge < -0.3 is 10.2 Å². The molecule has 2 aromatic rings. The normalized spacial score (nSPS) is 14.2. The number of hydrogen-bond donors (Lipinski definition) is 1. The van der Waals surface area contributed by atoms with Gasteiger partial charge >= 0.3 is 0 Å². The predicted molar refractivity (Wildman–Crippen MR) is 108 cm³/mol. The Bertz CT molecular complexity index is 1000. The average molecular weight is 377 g/mol. The maximum Gasteiger partial charge on any atom is 0.275 e. The van der Waals surface area contributed by atoms with Crippen molar-refractivity contribution in [1.29, 1.82) is 0 Å². The van der Waals surface area contributed by atoms with Gasteiger partial charge in [0.05, 0.1) is 28.9 Å². The lowest BCUT2D eigenvalue weighted by Crippen LogP contribution is -2.42. The van der Waals surface area contributed by atoms with E-state index in [2.05, 4.69) is 10.2 Å². The minimum atomic E-state index is -0.214. The number of rotatable bonds is 5. The first-order chi connectivity index (χ1) is 12.3. The van der Waals surface area contributed by atoms with Crippen LogP contribution in [0.25, 0.3) is 10.8 Å². The molecule has 1 N–H and O–H groups in total. The van der Waals surface area contributed by atoms with E-state index >= 15 is 0 Å². The SMILES string of the molecule is CC1=C(C)Cn2c(=O)c3c(NCCCN(C)C)ccc(Cl)c3c(=O)n2C1. The first-order valence-electron chi connectivity index (χ1n) is 8.81. The maximum atomic E-state index is 13.2. The highest BCUT2D eigenvalue weighted by Crippen LogP contribution is 2.26. The molecule has 0 bridgehead atoms. The van der Waals surface area contributed by atoms with Crippen molar-refractivity contribution in [3.63, 3.8) is 0 Å². The molecule has 0 saturated heterocycles. The van der Waals surface area contributed by atoms with Crippen LogP contribution in [0.5, 0.6) is 0 Å². The van der Waals surface area contributed by atoms with Gasteiger partial charge in [-0.3, -0.25) is 9.59 Å². The third-order valence-electron chi connectivity index (χ3n) is 4.94. The Morgan fingerprint density at radius 2 is 1.62 bits per heavy atom. The molecule has 0 spiro atoms. The quantitative estimate of drug-likeness (QED) is 0.643. The van der Waals surface area contributed by atoms with E-state index < -0.39 is 0 Å². The summed E-state index contributed by atoms with van der Waals surface area (Å²) in [7, 11) is 4.05. The van der Waals surface area contributed by atoms with Crippen LogP contribution in [0.4, 0.5) is 5.69 Å². The molecule has 1 aromatic heterocycles. The van der Waals surface area contributed by atoms with E-state index in [1.165, 1.54) is 9.36 Å². The Morgan fingerprint density at radius 3 is 2.19 bits per heavy atom. The lowest BCUT2D eigenvalue weighted by atomic mass is 10.1. The average Bonchev–Trinajstić information content (AvgIpc) is 2.59. The zero-order valence-corrected chi connectivity index (χ0v) is 16.5. The second-order valence-corrected chi connectivity index (χ2v) is 7.62. The summed E-state index contributed by atoms with van der Waals surface area (Å²) >= 11 is 6.31. The zero-order valence-electron chi connectivity index (χ0n) is 15.7. The highest BCUT2D eigenvalue weighted by Gasteiger charge is 2.21. The molecule has 0 aliphatic carbocycles. The first kappa shape index (κ1) is 18.7. The number of nitrogens with one attached hydrogen (secondary N) is 1. The van der Waals surface area contributed by atoms with Crippen molar-refractivity contribution in [3.05, 3.63) is 49.0 Å². The summed E-state index contributed by atoms with van der Waals surface area (Å²) in [6.45, 7) is 6.51. The van der Waals surface area contributed by atoms with Crippen LogP contribution in [0, 0.1) is 0 Å². The van der Waals surface area contributed by atoms with Crippen LogP contribution < -0.4 is 16.4 Å². The molecule has 0 fully saturated rings. The monoisotopic (exact) mass is 376 g/mol. The topological polar surface area (TPSA) is 59.3 Å². The molecule has 1 aliphatic rings. The Morgan fingerprint density at radius 1 is 1.04 bits per heavy atom. The van der Waals surface area contributed by atoms with Crippen LogP contribution in [-0.4, -0.2) is 41.4 Å². The van der Waals surface area contributed by atoms with Crippen molar-refractivity contribution >= 4 is 28.1 Å². The van der Waals surface area contributed by atoms with Gasteiger partial charge in [0.1, 0.15) is 0 Å². The van der Waals surface area contributed by atoms with Crippen LogP contribution in [0.3, 0.4) is 0 Å². The van der Waals surface area contributed by atoms with Gasteiger partial charge in [0.15, 0.2) is 0 Å². The van der Waals surface area contributed by atoms with E-state index in [9.17, 15) is 9.59 Å². The molecule has 1 aromatic carbocycles. The van der Waals surface area contributed by atoms with Gasteiger partial charge in [-0.05, 0) is 53.0 Å². The second kappa shape index (κ2) is 7.29. The summed E-state index contributed by atoms with van der Waals surface area (Å²) in [5.41, 5.74) is 2.51. The molecule has 26 heavy (non-hydrogen) atoms. The van der Waals surface area contributed by atoms with Gasteiger partial charge in [0.25, 0.3) is 11.1 Å². The highest BCUT2D eigenvalue weighted by atomic mass is 35.5. The zero-order chi connectivity index (χ0) is 19.0. The Balaban J connectivity index is 2.12. The van der Waals surface area contributed by atoms with Crippen molar-refractivity contribution in [3.8, 4) is 0 Å². The van der Waals surface area contributed by atoms with E-state index in [0.717, 1.165) is 30.7 Å². The number of allylic oxidation sites excluding steroid dienone is 2. The smallest absolute Gasteiger partial charge is 0.275 e. The fourth-order valence-corrected chi connectivity index (χ4v) is 3.52. The van der Waals surface area contributed by atoms with Crippen LogP contribution >= 0.6 is 11.6 Å². The van der Waals surface area contributed by atoms with Crippen molar-refractivity contribution < 1.29 is 0 Å². The van der Waals surface area contributed by atoms with Gasteiger partial charge in [-0.15, -0.1) is 0 Å². The lowest BCUT2D eigenvalue weighted by Gasteiger charge is -2.24. The minimum absolute atomic E-state index is 0.177. The summed E-state index contributed by atoms with van der Waals surface area (Å²) < 4.78 is 3.04. The standard InChI is InChI=1S/C19H25ClN4O2/c1-12-10-23-18(25)16-14(20)6-7-15(21-8-5-9-22(3)4)17(16)19(26)24(23)11-13(12)2/h6-7,21H,5,8-11H2,1-4H3. The molecule has 2 heterocycles. The maximum absolute atomic E-state index is 13.2. The van der Waals surface area contributed by atoms with Crippen LogP contribution in [0.1, 0.15) is 20.3 Å². The van der Waals surface area contributed by atoms with Crippen LogP contribution in [-0.2, 0) is 13.1 Å². The number of hydrogen-bond acceptors (Lipinski definition) is 4. The molecule has 3 rings (SSSR count). The van der Waals surface area contributed by atoms with Gasteiger partial charge in [-0.25, -0.2) is 9.36 Å². The van der Waals surface area contributed by atoms with Crippen molar-refractivity contribution in [2.75, 3.05) is 32.5 Å². The van der Waals surface area contributed by atoms with Crippen LogP contribution in [0.2, 0.25) is 5.02 Å². The van der Waals surface area contributed by atoms with E-state index in [0.29, 0.717) is 34.6 Å². The van der Waals surface area contributed by atoms with Crippen molar-refractivity contribution in [2.24, 2.45) is 0 Å². The summed E-state index contributed by atoms with van der Waals surface area (Å²) in [6, 6.07) is 3.48. The van der Waals surface area contributed by atoms with E-state index in [1.807, 2.05) is 27.9 Å². The first-order valence-corrected chi connectivity index (χ1v) is 9.19. The molecular weight excluding hydrogens is 352 g/mol. The third-order valence-corrected chi connectivity index (χ3v) is 5.26. The summed E-state index contributed by atoms with van der Waals surface area (Å²) in [4.78, 5) is 28.3. The highest BCUT2D eigenvalue weighted by molar-refractivity contribution is 6.35. The Kier molecular flexibility index (Phi) is 5.25. The van der Waals surface area contributed by atoms with Gasteiger partial charge in [0, 0.05) is 12.2 Å². The molecule has 0 saturated carbocycles. The molecule has 0 unspecified atom stereocenters. The summed E-state index contributed by atoms with van der Waals surface area (Å²) in [6.07, 6.45) is 0.934. The number of aromatic nitrogens is 2.